The van der Waals surface area contributed by atoms with E-state index in [2.05, 4.69) is 10.0 Å². The van der Waals surface area contributed by atoms with E-state index in [-0.39, 0.29) is 16.6 Å². The third kappa shape index (κ3) is 5.43. The molecule has 0 saturated heterocycles. The molecule has 1 amide bonds. The van der Waals surface area contributed by atoms with Crippen LogP contribution in [-0.2, 0) is 14.8 Å². The number of hydrogen-bond acceptors (Lipinski definition) is 6. The van der Waals surface area contributed by atoms with Crippen molar-refractivity contribution in [3.8, 4) is 17.2 Å². The van der Waals surface area contributed by atoms with E-state index in [0.29, 0.717) is 17.2 Å². The maximum absolute atomic E-state index is 13.0. The predicted molar refractivity (Wildman–Crippen MR) is 115 cm³/mol. The summed E-state index contributed by atoms with van der Waals surface area (Å²) in [4.78, 5) is 12.6. The van der Waals surface area contributed by atoms with Gasteiger partial charge in [0.2, 0.25) is 15.9 Å². The van der Waals surface area contributed by atoms with Crippen LogP contribution >= 0.6 is 0 Å². The fraction of sp³-hybridized carbons (Fsp3) is 0.381. The van der Waals surface area contributed by atoms with Gasteiger partial charge in [0.1, 0.15) is 22.1 Å². The van der Waals surface area contributed by atoms with Gasteiger partial charge in [0, 0.05) is 6.07 Å². The van der Waals surface area contributed by atoms with Gasteiger partial charge in [0.25, 0.3) is 0 Å². The van der Waals surface area contributed by atoms with Crippen LogP contribution in [0.4, 0.5) is 5.69 Å². The molecule has 164 valence electrons. The second kappa shape index (κ2) is 9.82. The van der Waals surface area contributed by atoms with Crippen LogP contribution in [-0.4, -0.2) is 41.7 Å². The topological polar surface area (TPSA) is 103 Å². The quantitative estimate of drug-likeness (QED) is 0.626. The molecule has 30 heavy (non-hydrogen) atoms. The maximum atomic E-state index is 13.0. The summed E-state index contributed by atoms with van der Waals surface area (Å²) >= 11 is 0. The van der Waals surface area contributed by atoms with Crippen molar-refractivity contribution in [1.29, 1.82) is 0 Å². The smallest absolute Gasteiger partial charge is 0.244 e. The Morgan fingerprint density at radius 1 is 0.900 bits per heavy atom. The van der Waals surface area contributed by atoms with Gasteiger partial charge in [-0.05, 0) is 42.7 Å². The van der Waals surface area contributed by atoms with Gasteiger partial charge in [0.15, 0.2) is 0 Å². The first-order chi connectivity index (χ1) is 14.1. The minimum absolute atomic E-state index is 0.0187. The molecule has 0 spiro atoms. The SMILES string of the molecule is COc1ccc(OC)c(NC(=O)C(C)NS(=O)(=O)c2cc(C(C)C)ccc2OC)c1. The van der Waals surface area contributed by atoms with Crippen molar-refractivity contribution in [3.05, 3.63) is 42.0 Å². The van der Waals surface area contributed by atoms with E-state index in [0.717, 1.165) is 5.56 Å². The summed E-state index contributed by atoms with van der Waals surface area (Å²) in [5.41, 5.74) is 1.21. The van der Waals surface area contributed by atoms with Crippen molar-refractivity contribution in [3.63, 3.8) is 0 Å². The lowest BCUT2D eigenvalue weighted by atomic mass is 10.0. The Morgan fingerprint density at radius 3 is 2.10 bits per heavy atom. The minimum atomic E-state index is -4.02. The number of carbonyl (C=O) groups excluding carboxylic acids is 1. The van der Waals surface area contributed by atoms with Crippen LogP contribution in [0.3, 0.4) is 0 Å². The molecule has 0 heterocycles. The summed E-state index contributed by atoms with van der Waals surface area (Å²) < 4.78 is 43.9. The van der Waals surface area contributed by atoms with Crippen molar-refractivity contribution >= 4 is 21.6 Å². The van der Waals surface area contributed by atoms with Crippen molar-refractivity contribution in [2.75, 3.05) is 26.6 Å². The molecule has 9 heteroatoms. The van der Waals surface area contributed by atoms with E-state index in [1.807, 2.05) is 19.9 Å². The van der Waals surface area contributed by atoms with Gasteiger partial charge in [-0.3, -0.25) is 4.79 Å². The molecule has 8 nitrogen and oxygen atoms in total. The zero-order chi connectivity index (χ0) is 22.5. The summed E-state index contributed by atoms with van der Waals surface area (Å²) in [6.45, 7) is 5.38. The number of hydrogen-bond donors (Lipinski definition) is 2. The monoisotopic (exact) mass is 436 g/mol. The zero-order valence-corrected chi connectivity index (χ0v) is 18.8. The standard InChI is InChI=1S/C21H28N2O6S/c1-13(2)15-7-9-19(29-6)20(11-15)30(25,26)23-14(3)21(24)22-17-12-16(27-4)8-10-18(17)28-5/h7-14,23H,1-6H3,(H,22,24). The molecule has 0 aliphatic heterocycles. The van der Waals surface area contributed by atoms with Crippen molar-refractivity contribution in [2.24, 2.45) is 0 Å². The van der Waals surface area contributed by atoms with Gasteiger partial charge in [-0.25, -0.2) is 8.42 Å². The molecule has 0 aliphatic carbocycles. The Morgan fingerprint density at radius 2 is 1.53 bits per heavy atom. The third-order valence-corrected chi connectivity index (χ3v) is 6.10. The lowest BCUT2D eigenvalue weighted by molar-refractivity contribution is -0.117. The van der Waals surface area contributed by atoms with Gasteiger partial charge < -0.3 is 19.5 Å². The number of anilines is 1. The Bertz CT molecular complexity index is 1000. The molecule has 0 aliphatic rings. The first kappa shape index (κ1) is 23.5. The van der Waals surface area contributed by atoms with Crippen molar-refractivity contribution < 1.29 is 27.4 Å². The summed E-state index contributed by atoms with van der Waals surface area (Å²) in [5, 5.41) is 2.67. The number of rotatable bonds is 9. The average molecular weight is 437 g/mol. The fourth-order valence-electron chi connectivity index (χ4n) is 2.76. The molecule has 0 aromatic heterocycles. The molecule has 1 unspecified atom stereocenters. The van der Waals surface area contributed by atoms with Crippen molar-refractivity contribution in [2.45, 2.75) is 37.6 Å². The highest BCUT2D eigenvalue weighted by molar-refractivity contribution is 7.89. The Kier molecular flexibility index (Phi) is 7.69. The second-order valence-electron chi connectivity index (χ2n) is 6.96. The Balaban J connectivity index is 2.26. The van der Waals surface area contributed by atoms with Gasteiger partial charge in [-0.1, -0.05) is 19.9 Å². The number of methoxy groups -OCH3 is 3. The molecule has 2 rings (SSSR count). The average Bonchev–Trinajstić information content (AvgIpc) is 2.72. The summed E-state index contributed by atoms with van der Waals surface area (Å²) in [7, 11) is 0.354. The molecule has 0 saturated carbocycles. The van der Waals surface area contributed by atoms with E-state index in [4.69, 9.17) is 14.2 Å². The lowest BCUT2D eigenvalue weighted by Gasteiger charge is -2.18. The molecular weight excluding hydrogens is 408 g/mol. The molecule has 0 fully saturated rings. The summed E-state index contributed by atoms with van der Waals surface area (Å²) in [6.07, 6.45) is 0. The first-order valence-corrected chi connectivity index (χ1v) is 10.8. The third-order valence-electron chi connectivity index (χ3n) is 4.53. The maximum Gasteiger partial charge on any atom is 0.244 e. The highest BCUT2D eigenvalue weighted by Crippen LogP contribution is 2.30. The minimum Gasteiger partial charge on any atom is -0.497 e. The number of ether oxygens (including phenoxy) is 3. The molecule has 2 N–H and O–H groups in total. The first-order valence-electron chi connectivity index (χ1n) is 9.36. The molecular formula is C21H28N2O6S. The number of sulfonamides is 1. The van der Waals surface area contributed by atoms with E-state index in [1.165, 1.54) is 28.3 Å². The Hall–Kier alpha value is -2.78. The zero-order valence-electron chi connectivity index (χ0n) is 18.0. The largest absolute Gasteiger partial charge is 0.497 e. The Labute approximate surface area is 177 Å². The molecule has 2 aromatic rings. The van der Waals surface area contributed by atoms with Crippen LogP contribution in [0.2, 0.25) is 0 Å². The molecule has 2 aromatic carbocycles. The fourth-order valence-corrected chi connectivity index (χ4v) is 4.17. The van der Waals surface area contributed by atoms with E-state index in [9.17, 15) is 13.2 Å². The van der Waals surface area contributed by atoms with E-state index >= 15 is 0 Å². The van der Waals surface area contributed by atoms with Crippen LogP contribution in [0, 0.1) is 0 Å². The van der Waals surface area contributed by atoms with Gasteiger partial charge in [-0.15, -0.1) is 0 Å². The van der Waals surface area contributed by atoms with Crippen molar-refractivity contribution in [1.82, 2.24) is 4.72 Å². The number of nitrogens with one attached hydrogen (secondary N) is 2. The number of benzene rings is 2. The van der Waals surface area contributed by atoms with Gasteiger partial charge >= 0.3 is 0 Å². The molecule has 0 radical (unpaired) electrons. The lowest BCUT2D eigenvalue weighted by Crippen LogP contribution is -2.41. The summed E-state index contributed by atoms with van der Waals surface area (Å²) in [5.74, 6) is 0.726. The van der Waals surface area contributed by atoms with Crippen LogP contribution in [0.15, 0.2) is 41.3 Å². The van der Waals surface area contributed by atoms with Gasteiger partial charge in [-0.2, -0.15) is 4.72 Å². The highest BCUT2D eigenvalue weighted by Gasteiger charge is 2.26. The highest BCUT2D eigenvalue weighted by atomic mass is 32.2. The summed E-state index contributed by atoms with van der Waals surface area (Å²) in [6, 6.07) is 8.84. The normalized spacial score (nSPS) is 12.4. The van der Waals surface area contributed by atoms with Gasteiger partial charge in [0.05, 0.1) is 33.1 Å². The number of amides is 1. The molecule has 1 atom stereocenters. The van der Waals surface area contributed by atoms with Crippen LogP contribution < -0.4 is 24.2 Å². The van der Waals surface area contributed by atoms with Crippen LogP contribution in [0.25, 0.3) is 0 Å². The van der Waals surface area contributed by atoms with E-state index < -0.39 is 22.0 Å². The van der Waals surface area contributed by atoms with Crippen LogP contribution in [0.1, 0.15) is 32.3 Å². The van der Waals surface area contributed by atoms with Crippen LogP contribution in [0.5, 0.6) is 17.2 Å². The molecule has 0 bridgehead atoms. The second-order valence-corrected chi connectivity index (χ2v) is 8.65. The number of carbonyl (C=O) groups is 1. The predicted octanol–water partition coefficient (Wildman–Crippen LogP) is 3.14. The van der Waals surface area contributed by atoms with E-state index in [1.54, 1.807) is 30.3 Å².